The van der Waals surface area contributed by atoms with Crippen LogP contribution in [0.25, 0.3) is 6.08 Å². The molecule has 4 nitrogen and oxygen atoms in total. The summed E-state index contributed by atoms with van der Waals surface area (Å²) in [5.74, 6) is 0.0234. The van der Waals surface area contributed by atoms with Gasteiger partial charge in [-0.25, -0.2) is 4.39 Å². The Balaban J connectivity index is 1.43. The van der Waals surface area contributed by atoms with E-state index in [9.17, 15) is 9.18 Å². The Bertz CT molecular complexity index is 1000. The van der Waals surface area contributed by atoms with Crippen LogP contribution in [-0.2, 0) is 11.3 Å². The summed E-state index contributed by atoms with van der Waals surface area (Å²) in [5, 5.41) is 0. The van der Waals surface area contributed by atoms with Crippen molar-refractivity contribution in [3.8, 4) is 11.5 Å². The van der Waals surface area contributed by atoms with Crippen LogP contribution in [-0.4, -0.2) is 21.8 Å². The van der Waals surface area contributed by atoms with Gasteiger partial charge in [-0.3, -0.25) is 9.78 Å². The topological polar surface area (TPSA) is 42.4 Å². The summed E-state index contributed by atoms with van der Waals surface area (Å²) in [6, 6.07) is 18.3. The molecule has 1 heterocycles. The molecule has 2 aromatic carbocycles. The van der Waals surface area contributed by atoms with Crippen LogP contribution in [0.4, 0.5) is 4.39 Å². The van der Waals surface area contributed by atoms with Gasteiger partial charge in [0, 0.05) is 24.9 Å². The summed E-state index contributed by atoms with van der Waals surface area (Å²) in [7, 11) is 0. The fraction of sp³-hybridized carbons (Fsp3) is 0.167. The van der Waals surface area contributed by atoms with Crippen molar-refractivity contribution < 1.29 is 13.9 Å². The highest BCUT2D eigenvalue weighted by atomic mass is 19.1. The first-order chi connectivity index (χ1) is 14.2. The number of hydrogen-bond acceptors (Lipinski definition) is 3. The number of halogens is 1. The van der Waals surface area contributed by atoms with E-state index in [1.807, 2.05) is 35.2 Å². The number of benzene rings is 2. The van der Waals surface area contributed by atoms with Crippen molar-refractivity contribution in [2.24, 2.45) is 0 Å². The lowest BCUT2D eigenvalue weighted by molar-refractivity contribution is -0.127. The third kappa shape index (κ3) is 5.08. The number of rotatable bonds is 7. The molecule has 0 N–H and O–H groups in total. The Kier molecular flexibility index (Phi) is 5.66. The second-order valence-electron chi connectivity index (χ2n) is 7.00. The molecule has 0 unspecified atom stereocenters. The molecule has 3 aromatic rings. The number of nitrogens with zero attached hydrogens (tertiary/aromatic N) is 2. The Labute approximate surface area is 169 Å². The van der Waals surface area contributed by atoms with E-state index in [1.165, 1.54) is 18.3 Å². The number of aromatic nitrogens is 1. The molecule has 1 aliphatic rings. The third-order valence-electron chi connectivity index (χ3n) is 4.70. The quantitative estimate of drug-likeness (QED) is 0.521. The summed E-state index contributed by atoms with van der Waals surface area (Å²) in [5.41, 5.74) is 1.70. The third-order valence-corrected chi connectivity index (χ3v) is 4.70. The van der Waals surface area contributed by atoms with Crippen molar-refractivity contribution >= 4 is 12.0 Å². The van der Waals surface area contributed by atoms with E-state index in [-0.39, 0.29) is 11.7 Å². The minimum absolute atomic E-state index is 0.0625. The molecule has 1 amide bonds. The average molecular weight is 388 g/mol. The lowest BCUT2D eigenvalue weighted by Gasteiger charge is -2.21. The molecule has 1 aliphatic carbocycles. The molecule has 1 saturated carbocycles. The highest BCUT2D eigenvalue weighted by Crippen LogP contribution is 2.29. The normalized spacial score (nSPS) is 13.4. The van der Waals surface area contributed by atoms with Crippen LogP contribution >= 0.6 is 0 Å². The number of amides is 1. The Morgan fingerprint density at radius 2 is 1.97 bits per heavy atom. The fourth-order valence-electron chi connectivity index (χ4n) is 3.05. The summed E-state index contributed by atoms with van der Waals surface area (Å²) >= 11 is 0. The van der Waals surface area contributed by atoms with Crippen molar-refractivity contribution in [2.45, 2.75) is 25.4 Å². The van der Waals surface area contributed by atoms with Gasteiger partial charge in [-0.1, -0.05) is 36.4 Å². The Morgan fingerprint density at radius 1 is 1.14 bits per heavy atom. The summed E-state index contributed by atoms with van der Waals surface area (Å²) in [4.78, 5) is 18.5. The number of carbonyl (C=O) groups excluding carboxylic acids is 1. The van der Waals surface area contributed by atoms with Gasteiger partial charge in [0.15, 0.2) is 11.6 Å². The maximum absolute atomic E-state index is 14.4. The molecule has 0 radical (unpaired) electrons. The molecule has 29 heavy (non-hydrogen) atoms. The van der Waals surface area contributed by atoms with Crippen LogP contribution in [0.2, 0.25) is 0 Å². The minimum Gasteiger partial charge on any atom is -0.453 e. The van der Waals surface area contributed by atoms with E-state index in [0.717, 1.165) is 18.4 Å². The summed E-state index contributed by atoms with van der Waals surface area (Å²) in [6.07, 6.45) is 8.35. The standard InChI is InChI=1S/C24H21FN2O2/c25-22-15-18(8-12-23(22)29-21-7-4-14-26-16-21)9-13-24(28)27(20-10-11-20)17-19-5-2-1-3-6-19/h1-9,12-16,20H,10-11,17H2/b13-9+. The molecule has 0 bridgehead atoms. The molecular weight excluding hydrogens is 367 g/mol. The zero-order chi connectivity index (χ0) is 20.1. The predicted molar refractivity (Wildman–Crippen MR) is 110 cm³/mol. The van der Waals surface area contributed by atoms with E-state index >= 15 is 0 Å². The molecule has 5 heteroatoms. The fourth-order valence-corrected chi connectivity index (χ4v) is 3.05. The second kappa shape index (κ2) is 8.69. The first-order valence-corrected chi connectivity index (χ1v) is 9.59. The van der Waals surface area contributed by atoms with Gasteiger partial charge < -0.3 is 9.64 Å². The van der Waals surface area contributed by atoms with Crippen molar-refractivity contribution in [1.82, 2.24) is 9.88 Å². The van der Waals surface area contributed by atoms with Crippen molar-refractivity contribution in [3.05, 3.63) is 96.1 Å². The lowest BCUT2D eigenvalue weighted by atomic mass is 10.1. The van der Waals surface area contributed by atoms with Gasteiger partial charge in [0.25, 0.3) is 0 Å². The number of hydrogen-bond donors (Lipinski definition) is 0. The first kappa shape index (κ1) is 18.9. The van der Waals surface area contributed by atoms with E-state index in [4.69, 9.17) is 4.74 Å². The smallest absolute Gasteiger partial charge is 0.247 e. The van der Waals surface area contributed by atoms with Crippen LogP contribution in [0.3, 0.4) is 0 Å². The predicted octanol–water partition coefficient (Wildman–Crippen LogP) is 5.22. The van der Waals surface area contributed by atoms with Gasteiger partial charge in [-0.15, -0.1) is 0 Å². The highest BCUT2D eigenvalue weighted by Gasteiger charge is 2.31. The number of ether oxygens (including phenoxy) is 1. The van der Waals surface area contributed by atoms with Crippen molar-refractivity contribution in [3.63, 3.8) is 0 Å². The van der Waals surface area contributed by atoms with Crippen LogP contribution in [0.15, 0.2) is 79.1 Å². The maximum atomic E-state index is 14.4. The summed E-state index contributed by atoms with van der Waals surface area (Å²) < 4.78 is 19.9. The molecular formula is C24H21FN2O2. The molecule has 4 rings (SSSR count). The minimum atomic E-state index is -0.494. The van der Waals surface area contributed by atoms with Gasteiger partial charge in [0.05, 0.1) is 6.20 Å². The van der Waals surface area contributed by atoms with E-state index in [0.29, 0.717) is 23.9 Å². The monoisotopic (exact) mass is 388 g/mol. The lowest BCUT2D eigenvalue weighted by Crippen LogP contribution is -2.31. The van der Waals surface area contributed by atoms with Crippen LogP contribution in [0.1, 0.15) is 24.0 Å². The highest BCUT2D eigenvalue weighted by molar-refractivity contribution is 5.92. The molecule has 0 aliphatic heterocycles. The molecule has 0 saturated heterocycles. The average Bonchev–Trinajstić information content (AvgIpc) is 3.59. The maximum Gasteiger partial charge on any atom is 0.247 e. The van der Waals surface area contributed by atoms with Crippen LogP contribution in [0.5, 0.6) is 11.5 Å². The molecule has 146 valence electrons. The van der Waals surface area contributed by atoms with E-state index in [1.54, 1.807) is 36.5 Å². The van der Waals surface area contributed by atoms with Crippen LogP contribution < -0.4 is 4.74 Å². The zero-order valence-electron chi connectivity index (χ0n) is 15.9. The molecule has 0 spiro atoms. The first-order valence-electron chi connectivity index (χ1n) is 9.59. The Hall–Kier alpha value is -3.47. The van der Waals surface area contributed by atoms with E-state index < -0.39 is 5.82 Å². The Morgan fingerprint density at radius 3 is 2.66 bits per heavy atom. The van der Waals surface area contributed by atoms with Gasteiger partial charge >= 0.3 is 0 Å². The van der Waals surface area contributed by atoms with Gasteiger partial charge in [-0.05, 0) is 54.3 Å². The van der Waals surface area contributed by atoms with Crippen molar-refractivity contribution in [2.75, 3.05) is 0 Å². The van der Waals surface area contributed by atoms with Gasteiger partial charge in [0.1, 0.15) is 5.75 Å². The van der Waals surface area contributed by atoms with Crippen molar-refractivity contribution in [1.29, 1.82) is 0 Å². The van der Waals surface area contributed by atoms with Crippen LogP contribution in [0, 0.1) is 5.82 Å². The summed E-state index contributed by atoms with van der Waals surface area (Å²) in [6.45, 7) is 0.584. The van der Waals surface area contributed by atoms with E-state index in [2.05, 4.69) is 4.98 Å². The number of pyridine rings is 1. The zero-order valence-corrected chi connectivity index (χ0v) is 15.9. The van der Waals surface area contributed by atoms with Gasteiger partial charge in [0.2, 0.25) is 5.91 Å². The molecule has 1 fully saturated rings. The van der Waals surface area contributed by atoms with Gasteiger partial charge in [-0.2, -0.15) is 0 Å². The second-order valence-corrected chi connectivity index (χ2v) is 7.00. The largest absolute Gasteiger partial charge is 0.453 e. The number of carbonyl (C=O) groups is 1. The molecule has 0 atom stereocenters. The SMILES string of the molecule is O=C(/C=C/c1ccc(Oc2cccnc2)c(F)c1)N(Cc1ccccc1)C1CC1. The molecule has 1 aromatic heterocycles.